The van der Waals surface area contributed by atoms with E-state index in [1.54, 1.807) is 23.1 Å². The van der Waals surface area contributed by atoms with E-state index >= 15 is 0 Å². The summed E-state index contributed by atoms with van der Waals surface area (Å²) in [6.07, 6.45) is 16.0. The number of carbonyl (C=O) groups excluding carboxylic acids is 1. The molecule has 4 atom stereocenters. The van der Waals surface area contributed by atoms with Gasteiger partial charge in [0.05, 0.1) is 18.8 Å². The summed E-state index contributed by atoms with van der Waals surface area (Å²) in [6.45, 7) is 4.22. The average molecular weight is 744 g/mol. The summed E-state index contributed by atoms with van der Waals surface area (Å²) in [7, 11) is 0. The zero-order valence-electron chi connectivity index (χ0n) is 31.0. The number of rotatable bonds is 22. The maximum absolute atomic E-state index is 13.0. The van der Waals surface area contributed by atoms with Crippen LogP contribution in [0.25, 0.3) is 0 Å². The van der Waals surface area contributed by atoms with Gasteiger partial charge in [-0.2, -0.15) is 0 Å². The molecule has 1 aliphatic rings. The molecule has 4 aromatic rings. The van der Waals surface area contributed by atoms with Crippen LogP contribution < -0.4 is 5.32 Å². The third-order valence-corrected chi connectivity index (χ3v) is 11.9. The quantitative estimate of drug-likeness (QED) is 0.0611. The molecule has 1 unspecified atom stereocenters. The standard InChI is InChI=1S/C43H57N3O4S2/c1-3-4-5-6-7-8-9-10-11-12-13-14-18-24-39(48)44-37-23-19-22-36(29-37)42-49-38(31-51-43-46-45-32(2)52-43)40(34-20-16-15-17-21-34)41(50-42)35-27-25-33(30-47)26-28-35/h15-17,19-23,25-29,38,40-42,47H,3-14,18,24,30-31H2,1-2H3,(H,44,48)/t38-,40-,41+,42?/m1/s1. The number of aromatic nitrogens is 2. The second kappa shape index (κ2) is 22.2. The van der Waals surface area contributed by atoms with Crippen molar-refractivity contribution in [2.24, 2.45) is 0 Å². The second-order valence-corrected chi connectivity index (χ2v) is 16.4. The van der Waals surface area contributed by atoms with Crippen molar-refractivity contribution >= 4 is 34.7 Å². The zero-order valence-corrected chi connectivity index (χ0v) is 32.6. The number of unbranched alkanes of at least 4 members (excludes halogenated alkanes) is 12. The van der Waals surface area contributed by atoms with Crippen LogP contribution in [0.2, 0.25) is 0 Å². The number of thioether (sulfide) groups is 1. The molecular formula is C43H57N3O4S2. The molecule has 0 aliphatic carbocycles. The van der Waals surface area contributed by atoms with Gasteiger partial charge in [0.2, 0.25) is 5.91 Å². The summed E-state index contributed by atoms with van der Waals surface area (Å²) in [5, 5.41) is 22.3. The van der Waals surface area contributed by atoms with Crippen LogP contribution in [0.15, 0.2) is 83.2 Å². The van der Waals surface area contributed by atoms with Gasteiger partial charge in [0, 0.05) is 29.3 Å². The molecule has 5 rings (SSSR count). The highest BCUT2D eigenvalue weighted by atomic mass is 32.2. The molecule has 0 bridgehead atoms. The van der Waals surface area contributed by atoms with E-state index in [2.05, 4.69) is 46.7 Å². The number of carbonyl (C=O) groups is 1. The van der Waals surface area contributed by atoms with Crippen LogP contribution in [0.4, 0.5) is 5.69 Å². The fourth-order valence-corrected chi connectivity index (χ4v) is 8.84. The van der Waals surface area contributed by atoms with E-state index in [1.807, 2.05) is 61.5 Å². The molecule has 52 heavy (non-hydrogen) atoms. The smallest absolute Gasteiger partial charge is 0.224 e. The summed E-state index contributed by atoms with van der Waals surface area (Å²) >= 11 is 3.24. The lowest BCUT2D eigenvalue weighted by molar-refractivity contribution is -0.255. The van der Waals surface area contributed by atoms with Gasteiger partial charge < -0.3 is 19.9 Å². The van der Waals surface area contributed by atoms with E-state index in [1.165, 1.54) is 70.6 Å². The lowest BCUT2D eigenvalue weighted by Gasteiger charge is -2.43. The van der Waals surface area contributed by atoms with Gasteiger partial charge in [0.25, 0.3) is 0 Å². The maximum Gasteiger partial charge on any atom is 0.224 e. The molecule has 280 valence electrons. The summed E-state index contributed by atoms with van der Waals surface area (Å²) < 4.78 is 14.6. The van der Waals surface area contributed by atoms with E-state index < -0.39 is 6.29 Å². The van der Waals surface area contributed by atoms with Gasteiger partial charge in [0.15, 0.2) is 10.6 Å². The van der Waals surface area contributed by atoms with Crippen molar-refractivity contribution in [1.82, 2.24) is 10.2 Å². The number of hydrogen-bond donors (Lipinski definition) is 2. The first-order valence-electron chi connectivity index (χ1n) is 19.4. The Kier molecular flexibility index (Phi) is 17.1. The SMILES string of the molecule is CCCCCCCCCCCCCCCC(=O)Nc1cccc(C2O[C@H](CSc3nnc(C)s3)[C@@H](c3ccccc3)[C@H](c3ccc(CO)cc3)O2)c1. The van der Waals surface area contributed by atoms with Gasteiger partial charge in [-0.15, -0.1) is 10.2 Å². The van der Waals surface area contributed by atoms with Gasteiger partial charge in [-0.1, -0.05) is 174 Å². The Balaban J connectivity index is 1.19. The van der Waals surface area contributed by atoms with E-state index in [0.717, 1.165) is 50.1 Å². The number of nitrogens with one attached hydrogen (secondary N) is 1. The highest BCUT2D eigenvalue weighted by molar-refractivity contribution is 8.01. The fraction of sp³-hybridized carbons (Fsp3) is 0.512. The van der Waals surface area contributed by atoms with Crippen LogP contribution in [0.1, 0.15) is 142 Å². The first kappa shape index (κ1) is 40.1. The molecule has 1 amide bonds. The van der Waals surface area contributed by atoms with Crippen LogP contribution >= 0.6 is 23.1 Å². The van der Waals surface area contributed by atoms with E-state index in [4.69, 9.17) is 9.47 Å². The molecule has 9 heteroatoms. The van der Waals surface area contributed by atoms with Crippen LogP contribution in [0, 0.1) is 6.92 Å². The van der Waals surface area contributed by atoms with Crippen molar-refractivity contribution in [3.05, 3.63) is 106 Å². The minimum absolute atomic E-state index is 0.0158. The van der Waals surface area contributed by atoms with Crippen molar-refractivity contribution in [3.8, 4) is 0 Å². The Morgan fingerprint density at radius 2 is 1.42 bits per heavy atom. The molecular weight excluding hydrogens is 687 g/mol. The first-order chi connectivity index (χ1) is 25.5. The Bertz CT molecular complexity index is 1600. The van der Waals surface area contributed by atoms with Crippen molar-refractivity contribution in [2.75, 3.05) is 11.1 Å². The summed E-state index contributed by atoms with van der Waals surface area (Å²) in [6, 6.07) is 26.2. The Morgan fingerprint density at radius 3 is 2.06 bits per heavy atom. The van der Waals surface area contributed by atoms with Gasteiger partial charge in [-0.3, -0.25) is 4.79 Å². The van der Waals surface area contributed by atoms with Gasteiger partial charge in [-0.25, -0.2) is 0 Å². The number of aliphatic hydroxyl groups is 1. The monoisotopic (exact) mass is 743 g/mol. The molecule has 1 aromatic heterocycles. The number of nitrogens with zero attached hydrogens (tertiary/aromatic N) is 2. The average Bonchev–Trinajstić information content (AvgIpc) is 3.60. The van der Waals surface area contributed by atoms with Crippen molar-refractivity contribution in [3.63, 3.8) is 0 Å². The largest absolute Gasteiger partial charge is 0.392 e. The van der Waals surface area contributed by atoms with E-state index in [9.17, 15) is 9.90 Å². The number of ether oxygens (including phenoxy) is 2. The maximum atomic E-state index is 13.0. The molecule has 0 radical (unpaired) electrons. The molecule has 1 fully saturated rings. The van der Waals surface area contributed by atoms with Crippen LogP contribution in [0.5, 0.6) is 0 Å². The topological polar surface area (TPSA) is 93.6 Å². The minimum atomic E-state index is -0.651. The number of aliphatic hydroxyl groups excluding tert-OH is 1. The van der Waals surface area contributed by atoms with Crippen molar-refractivity contribution in [2.45, 2.75) is 139 Å². The van der Waals surface area contributed by atoms with Gasteiger partial charge in [-0.05, 0) is 42.2 Å². The normalized spacial score (nSPS) is 18.8. The van der Waals surface area contributed by atoms with Crippen LogP contribution in [0.3, 0.4) is 0 Å². The minimum Gasteiger partial charge on any atom is -0.392 e. The van der Waals surface area contributed by atoms with E-state index in [0.29, 0.717) is 12.2 Å². The molecule has 1 aliphatic heterocycles. The lowest BCUT2D eigenvalue weighted by atomic mass is 9.84. The van der Waals surface area contributed by atoms with Crippen LogP contribution in [-0.4, -0.2) is 33.1 Å². The summed E-state index contributed by atoms with van der Waals surface area (Å²) in [4.78, 5) is 13.0. The predicted octanol–water partition coefficient (Wildman–Crippen LogP) is 11.5. The van der Waals surface area contributed by atoms with E-state index in [-0.39, 0.29) is 30.6 Å². The molecule has 2 heterocycles. The number of amides is 1. The fourth-order valence-electron chi connectivity index (χ4n) is 6.93. The van der Waals surface area contributed by atoms with Crippen molar-refractivity contribution < 1.29 is 19.4 Å². The second-order valence-electron chi connectivity index (χ2n) is 14.0. The zero-order chi connectivity index (χ0) is 36.4. The predicted molar refractivity (Wildman–Crippen MR) is 214 cm³/mol. The summed E-state index contributed by atoms with van der Waals surface area (Å²) in [5.41, 5.74) is 4.59. The Morgan fingerprint density at radius 1 is 0.769 bits per heavy atom. The number of anilines is 1. The lowest BCUT2D eigenvalue weighted by Crippen LogP contribution is -2.38. The van der Waals surface area contributed by atoms with Crippen LogP contribution in [-0.2, 0) is 20.9 Å². The number of aryl methyl sites for hydroxylation is 1. The highest BCUT2D eigenvalue weighted by Gasteiger charge is 2.42. The number of hydrogen-bond acceptors (Lipinski definition) is 8. The van der Waals surface area contributed by atoms with Crippen molar-refractivity contribution in [1.29, 1.82) is 0 Å². The highest BCUT2D eigenvalue weighted by Crippen LogP contribution is 2.48. The Labute approximate surface area is 319 Å². The molecule has 3 aromatic carbocycles. The molecule has 1 saturated heterocycles. The molecule has 0 saturated carbocycles. The molecule has 2 N–H and O–H groups in total. The van der Waals surface area contributed by atoms with Gasteiger partial charge >= 0.3 is 0 Å². The number of benzene rings is 3. The molecule has 7 nitrogen and oxygen atoms in total. The first-order valence-corrected chi connectivity index (χ1v) is 21.2. The molecule has 0 spiro atoms. The van der Waals surface area contributed by atoms with Gasteiger partial charge in [0.1, 0.15) is 5.01 Å². The third-order valence-electron chi connectivity index (χ3n) is 9.80. The third kappa shape index (κ3) is 12.8. The Hall–Kier alpha value is -3.08. The summed E-state index contributed by atoms with van der Waals surface area (Å²) in [5.74, 6) is 0.606.